The molecule has 1 heterocycles. The van der Waals surface area contributed by atoms with Crippen LogP contribution in [0.4, 0.5) is 5.69 Å². The Morgan fingerprint density at radius 2 is 1.72 bits per heavy atom. The summed E-state index contributed by atoms with van der Waals surface area (Å²) >= 11 is 0. The number of hydrogen-bond acceptors (Lipinski definition) is 3. The minimum atomic E-state index is 0.815. The van der Waals surface area contributed by atoms with Gasteiger partial charge >= 0.3 is 0 Å². The summed E-state index contributed by atoms with van der Waals surface area (Å²) in [6.07, 6.45) is 3.60. The molecule has 0 bridgehead atoms. The van der Waals surface area contributed by atoms with Crippen LogP contribution in [-0.2, 0) is 0 Å². The molecule has 0 N–H and O–H groups in total. The molecule has 0 spiro atoms. The first-order valence-electron chi connectivity index (χ1n) is 9.87. The van der Waals surface area contributed by atoms with E-state index < -0.39 is 0 Å². The highest BCUT2D eigenvalue weighted by Crippen LogP contribution is 2.30. The van der Waals surface area contributed by atoms with Gasteiger partial charge in [-0.15, -0.1) is 0 Å². The highest BCUT2D eigenvalue weighted by Gasteiger charge is 2.16. The number of hydrogen-bond donors (Lipinski definition) is 0. The smallest absolute Gasteiger partial charge is 0.120 e. The first kappa shape index (κ1) is 19.6. The average Bonchev–Trinajstić information content (AvgIpc) is 2.67. The Kier molecular flexibility index (Phi) is 8.07. The van der Waals surface area contributed by atoms with Gasteiger partial charge in [0.15, 0.2) is 0 Å². The Balaban J connectivity index is 0.00000109. The number of nitrogens with zero attached hydrogens (tertiary/aromatic N) is 2. The van der Waals surface area contributed by atoms with Gasteiger partial charge in [-0.3, -0.25) is 0 Å². The lowest BCUT2D eigenvalue weighted by Gasteiger charge is -2.34. The fraction of sp³-hybridized carbons (Fsp3) is 0.545. The second kappa shape index (κ2) is 10.3. The second-order valence-electron chi connectivity index (χ2n) is 6.51. The van der Waals surface area contributed by atoms with E-state index in [9.17, 15) is 0 Å². The summed E-state index contributed by atoms with van der Waals surface area (Å²) in [6, 6.07) is 13.1. The first-order chi connectivity index (χ1) is 12.3. The largest absolute Gasteiger partial charge is 0.494 e. The molecule has 2 aromatic carbocycles. The summed E-state index contributed by atoms with van der Waals surface area (Å²) < 4.78 is 5.95. The number of piperazine rings is 1. The molecule has 0 amide bonds. The maximum Gasteiger partial charge on any atom is 0.120 e. The van der Waals surface area contributed by atoms with Crippen LogP contribution in [0.15, 0.2) is 36.4 Å². The summed E-state index contributed by atoms with van der Waals surface area (Å²) in [5, 5.41) is 2.60. The lowest BCUT2D eigenvalue weighted by Crippen LogP contribution is -2.44. The monoisotopic (exact) mass is 342 g/mol. The van der Waals surface area contributed by atoms with E-state index in [-0.39, 0.29) is 0 Å². The van der Waals surface area contributed by atoms with Gasteiger partial charge in [0, 0.05) is 37.3 Å². The lowest BCUT2D eigenvalue weighted by atomic mass is 10.1. The van der Waals surface area contributed by atoms with E-state index in [2.05, 4.69) is 60.2 Å². The third-order valence-corrected chi connectivity index (χ3v) is 4.69. The summed E-state index contributed by atoms with van der Waals surface area (Å²) in [6.45, 7) is 11.5. The maximum absolute atomic E-state index is 5.95. The standard InChI is InChI=1S/C20H28N2O.C2H6/c1-3-4-5-15-23-18-10-9-17-7-6-8-20(19(17)16-18)22-13-11-21(2)12-14-22;1-2/h6-10,16H,3-5,11-15H2,1-2H3;1-2H3. The Morgan fingerprint density at radius 1 is 0.960 bits per heavy atom. The van der Waals surface area contributed by atoms with Crippen LogP contribution in [0.3, 0.4) is 0 Å². The molecule has 0 radical (unpaired) electrons. The molecule has 0 unspecified atom stereocenters. The minimum Gasteiger partial charge on any atom is -0.494 e. The molecule has 3 heteroatoms. The van der Waals surface area contributed by atoms with Gasteiger partial charge in [0.1, 0.15) is 5.75 Å². The molecule has 0 aliphatic carbocycles. The summed E-state index contributed by atoms with van der Waals surface area (Å²) in [5.74, 6) is 0.996. The van der Waals surface area contributed by atoms with E-state index in [0.29, 0.717) is 0 Å². The normalized spacial score (nSPS) is 15.0. The highest BCUT2D eigenvalue weighted by atomic mass is 16.5. The van der Waals surface area contributed by atoms with Gasteiger partial charge in [0.05, 0.1) is 6.61 Å². The molecule has 1 saturated heterocycles. The molecule has 1 fully saturated rings. The molecule has 0 aromatic heterocycles. The van der Waals surface area contributed by atoms with Gasteiger partial charge in [-0.2, -0.15) is 0 Å². The number of unbranched alkanes of at least 4 members (excludes halogenated alkanes) is 2. The van der Waals surface area contributed by atoms with E-state index in [0.717, 1.165) is 45.0 Å². The quantitative estimate of drug-likeness (QED) is 0.672. The van der Waals surface area contributed by atoms with Crippen LogP contribution in [0, 0.1) is 0 Å². The first-order valence-corrected chi connectivity index (χ1v) is 9.87. The predicted molar refractivity (Wildman–Crippen MR) is 110 cm³/mol. The lowest BCUT2D eigenvalue weighted by molar-refractivity contribution is 0.306. The van der Waals surface area contributed by atoms with E-state index >= 15 is 0 Å². The summed E-state index contributed by atoms with van der Waals surface area (Å²) in [5.41, 5.74) is 1.34. The third-order valence-electron chi connectivity index (χ3n) is 4.69. The van der Waals surface area contributed by atoms with Crippen molar-refractivity contribution in [3.05, 3.63) is 36.4 Å². The topological polar surface area (TPSA) is 15.7 Å². The van der Waals surface area contributed by atoms with Gasteiger partial charge in [-0.1, -0.05) is 51.8 Å². The molecule has 0 atom stereocenters. The number of anilines is 1. The van der Waals surface area contributed by atoms with Crippen molar-refractivity contribution < 1.29 is 4.74 Å². The fourth-order valence-electron chi connectivity index (χ4n) is 3.19. The number of benzene rings is 2. The maximum atomic E-state index is 5.95. The van der Waals surface area contributed by atoms with Crippen molar-refractivity contribution in [2.45, 2.75) is 40.0 Å². The van der Waals surface area contributed by atoms with Crippen LogP contribution in [0.2, 0.25) is 0 Å². The Hall–Kier alpha value is -1.74. The van der Waals surface area contributed by atoms with Crippen LogP contribution in [0.25, 0.3) is 10.8 Å². The fourth-order valence-corrected chi connectivity index (χ4v) is 3.19. The molecule has 138 valence electrons. The van der Waals surface area contributed by atoms with Crippen molar-refractivity contribution in [3.63, 3.8) is 0 Å². The van der Waals surface area contributed by atoms with Crippen molar-refractivity contribution in [2.75, 3.05) is 44.7 Å². The Bertz CT molecular complexity index is 633. The molecule has 25 heavy (non-hydrogen) atoms. The van der Waals surface area contributed by atoms with Crippen molar-refractivity contribution in [1.29, 1.82) is 0 Å². The molecule has 1 aliphatic rings. The SMILES string of the molecule is CC.CCCCCOc1ccc2cccc(N3CCN(C)CC3)c2c1. The van der Waals surface area contributed by atoms with Crippen LogP contribution >= 0.6 is 0 Å². The molecule has 3 rings (SSSR count). The van der Waals surface area contributed by atoms with Gasteiger partial charge in [-0.05, 0) is 37.1 Å². The third kappa shape index (κ3) is 5.37. The van der Waals surface area contributed by atoms with E-state index in [1.807, 2.05) is 13.8 Å². The molecule has 3 nitrogen and oxygen atoms in total. The van der Waals surface area contributed by atoms with Gasteiger partial charge in [0.2, 0.25) is 0 Å². The van der Waals surface area contributed by atoms with Crippen LogP contribution in [-0.4, -0.2) is 44.7 Å². The number of rotatable bonds is 6. The summed E-state index contributed by atoms with van der Waals surface area (Å²) in [7, 11) is 2.20. The van der Waals surface area contributed by atoms with Gasteiger partial charge in [0.25, 0.3) is 0 Å². The molecule has 2 aromatic rings. The predicted octanol–water partition coefficient (Wildman–Crippen LogP) is 5.19. The van der Waals surface area contributed by atoms with Gasteiger partial charge < -0.3 is 14.5 Å². The van der Waals surface area contributed by atoms with E-state index in [1.54, 1.807) is 0 Å². The molecular formula is C22H34N2O. The number of fused-ring (bicyclic) bond motifs is 1. The van der Waals surface area contributed by atoms with Crippen molar-refractivity contribution in [3.8, 4) is 5.75 Å². The zero-order chi connectivity index (χ0) is 18.1. The van der Waals surface area contributed by atoms with Crippen molar-refractivity contribution >= 4 is 16.5 Å². The second-order valence-corrected chi connectivity index (χ2v) is 6.51. The van der Waals surface area contributed by atoms with E-state index in [4.69, 9.17) is 4.74 Å². The van der Waals surface area contributed by atoms with E-state index in [1.165, 1.54) is 29.3 Å². The molecule has 0 saturated carbocycles. The van der Waals surface area contributed by atoms with Crippen LogP contribution < -0.4 is 9.64 Å². The Morgan fingerprint density at radius 3 is 2.44 bits per heavy atom. The zero-order valence-corrected chi connectivity index (χ0v) is 16.4. The highest BCUT2D eigenvalue weighted by molar-refractivity contribution is 5.95. The minimum absolute atomic E-state index is 0.815. The Labute approximate surface area is 153 Å². The van der Waals surface area contributed by atoms with Crippen molar-refractivity contribution in [1.82, 2.24) is 4.90 Å². The summed E-state index contributed by atoms with van der Waals surface area (Å²) in [4.78, 5) is 4.90. The van der Waals surface area contributed by atoms with Crippen LogP contribution in [0.5, 0.6) is 5.75 Å². The average molecular weight is 343 g/mol. The van der Waals surface area contributed by atoms with Gasteiger partial charge in [-0.25, -0.2) is 0 Å². The molecular weight excluding hydrogens is 308 g/mol. The molecule has 1 aliphatic heterocycles. The number of ether oxygens (including phenoxy) is 1. The zero-order valence-electron chi connectivity index (χ0n) is 16.4. The van der Waals surface area contributed by atoms with Crippen LogP contribution in [0.1, 0.15) is 40.0 Å². The van der Waals surface area contributed by atoms with Crippen molar-refractivity contribution in [2.24, 2.45) is 0 Å². The number of likely N-dealkylation sites (N-methyl/N-ethyl adjacent to an activating group) is 1.